The van der Waals surface area contributed by atoms with Gasteiger partial charge in [-0.3, -0.25) is 0 Å². The van der Waals surface area contributed by atoms with Crippen LogP contribution in [0, 0.1) is 17.1 Å². The van der Waals surface area contributed by atoms with E-state index in [0.717, 1.165) is 0 Å². The van der Waals surface area contributed by atoms with Crippen molar-refractivity contribution in [2.45, 2.75) is 6.61 Å². The molecule has 0 aliphatic carbocycles. The number of nitriles is 1. The number of halogens is 1. The molecule has 1 aromatic carbocycles. The number of hydrogen-bond acceptors (Lipinski definition) is 6. The van der Waals surface area contributed by atoms with Gasteiger partial charge in [0.2, 0.25) is 0 Å². The molecule has 0 unspecified atom stereocenters. The normalized spacial score (nSPS) is 10.1. The summed E-state index contributed by atoms with van der Waals surface area (Å²) in [7, 11) is 1.53. The highest BCUT2D eigenvalue weighted by atomic mass is 19.1. The lowest BCUT2D eigenvalue weighted by Gasteiger charge is -2.08. The Bertz CT molecular complexity index is 668. The molecular weight excluding hydrogens is 261 g/mol. The van der Waals surface area contributed by atoms with Crippen molar-refractivity contribution in [2.75, 3.05) is 18.2 Å². The first-order chi connectivity index (χ1) is 9.62. The molecule has 1 aromatic heterocycles. The highest BCUT2D eigenvalue weighted by Crippen LogP contribution is 2.19. The van der Waals surface area contributed by atoms with Gasteiger partial charge in [-0.05, 0) is 18.2 Å². The number of nitrogens with zero attached hydrogens (tertiary/aromatic N) is 3. The Morgan fingerprint density at radius 1 is 1.40 bits per heavy atom. The Morgan fingerprint density at radius 2 is 2.20 bits per heavy atom. The van der Waals surface area contributed by atoms with E-state index in [9.17, 15) is 4.39 Å². The Balaban J connectivity index is 2.28. The molecule has 2 aromatic rings. The van der Waals surface area contributed by atoms with Crippen molar-refractivity contribution in [3.8, 4) is 6.07 Å². The molecule has 2 rings (SSSR count). The zero-order valence-corrected chi connectivity index (χ0v) is 10.7. The van der Waals surface area contributed by atoms with Gasteiger partial charge in [0.1, 0.15) is 30.1 Å². The fourth-order valence-electron chi connectivity index (χ4n) is 1.61. The summed E-state index contributed by atoms with van der Waals surface area (Å²) in [6, 6.07) is 7.42. The third kappa shape index (κ3) is 3.18. The Kier molecular flexibility index (Phi) is 4.08. The average molecular weight is 273 g/mol. The van der Waals surface area contributed by atoms with E-state index in [2.05, 4.69) is 15.3 Å². The minimum absolute atomic E-state index is 0.0471. The molecule has 3 N–H and O–H groups in total. The van der Waals surface area contributed by atoms with Gasteiger partial charge >= 0.3 is 0 Å². The summed E-state index contributed by atoms with van der Waals surface area (Å²) in [6.07, 6.45) is 0. The number of ether oxygens (including phenoxy) is 1. The fraction of sp³-hybridized carbons (Fsp3) is 0.154. The predicted octanol–water partition coefficient (Wildman–Crippen LogP) is 1.96. The molecule has 0 atom stereocenters. The number of nitrogens with one attached hydrogen (secondary N) is 1. The van der Waals surface area contributed by atoms with Crippen molar-refractivity contribution in [3.05, 3.63) is 41.5 Å². The second-order valence-electron chi connectivity index (χ2n) is 3.96. The van der Waals surface area contributed by atoms with Crippen molar-refractivity contribution >= 4 is 17.3 Å². The monoisotopic (exact) mass is 273 g/mol. The third-order valence-corrected chi connectivity index (χ3v) is 2.42. The van der Waals surface area contributed by atoms with Gasteiger partial charge in [0.05, 0.1) is 5.56 Å². The van der Waals surface area contributed by atoms with E-state index in [4.69, 9.17) is 15.7 Å². The van der Waals surface area contributed by atoms with E-state index >= 15 is 0 Å². The zero-order valence-electron chi connectivity index (χ0n) is 10.7. The van der Waals surface area contributed by atoms with Crippen molar-refractivity contribution in [1.82, 2.24) is 9.97 Å². The highest BCUT2D eigenvalue weighted by molar-refractivity contribution is 5.60. The van der Waals surface area contributed by atoms with E-state index in [1.165, 1.54) is 31.4 Å². The molecular formula is C13H12FN5O. The average Bonchev–Trinajstić information content (AvgIpc) is 2.40. The van der Waals surface area contributed by atoms with Gasteiger partial charge in [0.15, 0.2) is 5.82 Å². The second-order valence-corrected chi connectivity index (χ2v) is 3.96. The molecule has 20 heavy (non-hydrogen) atoms. The minimum atomic E-state index is -0.569. The first kappa shape index (κ1) is 13.7. The number of aromatic nitrogens is 2. The van der Waals surface area contributed by atoms with E-state index in [0.29, 0.717) is 17.3 Å². The highest BCUT2D eigenvalue weighted by Gasteiger charge is 2.06. The van der Waals surface area contributed by atoms with Crippen LogP contribution in [0.2, 0.25) is 0 Å². The number of nitrogens with two attached hydrogens (primary N) is 1. The molecule has 7 heteroatoms. The molecule has 0 saturated carbocycles. The van der Waals surface area contributed by atoms with E-state index in [1.807, 2.05) is 0 Å². The molecule has 0 bridgehead atoms. The molecule has 6 nitrogen and oxygen atoms in total. The first-order valence-corrected chi connectivity index (χ1v) is 5.71. The number of nitrogen functional groups attached to an aromatic ring is 1. The molecule has 0 aliphatic rings. The topological polar surface area (TPSA) is 96.9 Å². The number of hydrogen-bond donors (Lipinski definition) is 2. The number of anilines is 3. The van der Waals surface area contributed by atoms with Gasteiger partial charge in [-0.15, -0.1) is 0 Å². The van der Waals surface area contributed by atoms with Crippen LogP contribution < -0.4 is 11.1 Å². The lowest BCUT2D eigenvalue weighted by atomic mass is 10.2. The molecule has 0 saturated heterocycles. The maximum Gasteiger partial charge on any atom is 0.158 e. The standard InChI is InChI=1S/C13H12FN5O/c1-20-7-13-18-11(16)5-12(19-13)17-9-2-3-10(14)8(4-9)6-15/h2-5H,7H2,1H3,(H3,16,17,18,19). The van der Waals surface area contributed by atoms with Crippen molar-refractivity contribution < 1.29 is 9.13 Å². The van der Waals surface area contributed by atoms with Crippen LogP contribution >= 0.6 is 0 Å². The lowest BCUT2D eigenvalue weighted by Crippen LogP contribution is -2.04. The first-order valence-electron chi connectivity index (χ1n) is 5.71. The molecule has 0 radical (unpaired) electrons. The van der Waals surface area contributed by atoms with Crippen LogP contribution in [0.5, 0.6) is 0 Å². The lowest BCUT2D eigenvalue weighted by molar-refractivity contribution is 0.178. The second kappa shape index (κ2) is 5.95. The summed E-state index contributed by atoms with van der Waals surface area (Å²) < 4.78 is 18.2. The molecule has 1 heterocycles. The number of benzene rings is 1. The summed E-state index contributed by atoms with van der Waals surface area (Å²) in [6.45, 7) is 0.229. The van der Waals surface area contributed by atoms with E-state index in [-0.39, 0.29) is 18.0 Å². The third-order valence-electron chi connectivity index (χ3n) is 2.42. The molecule has 0 amide bonds. The van der Waals surface area contributed by atoms with Crippen LogP contribution in [0.15, 0.2) is 24.3 Å². The maximum absolute atomic E-state index is 13.2. The van der Waals surface area contributed by atoms with Crippen molar-refractivity contribution in [3.63, 3.8) is 0 Å². The van der Waals surface area contributed by atoms with Crippen LogP contribution in [0.25, 0.3) is 0 Å². The summed E-state index contributed by atoms with van der Waals surface area (Å²) >= 11 is 0. The van der Waals surface area contributed by atoms with Gasteiger partial charge in [0.25, 0.3) is 0 Å². The van der Waals surface area contributed by atoms with Crippen LogP contribution in [-0.2, 0) is 11.3 Å². The quantitative estimate of drug-likeness (QED) is 0.883. The van der Waals surface area contributed by atoms with Crippen LogP contribution in [0.4, 0.5) is 21.7 Å². The molecule has 0 spiro atoms. The minimum Gasteiger partial charge on any atom is -0.384 e. The predicted molar refractivity (Wildman–Crippen MR) is 71.6 cm³/mol. The smallest absolute Gasteiger partial charge is 0.158 e. The van der Waals surface area contributed by atoms with Gasteiger partial charge < -0.3 is 15.8 Å². The van der Waals surface area contributed by atoms with E-state index in [1.54, 1.807) is 6.07 Å². The van der Waals surface area contributed by atoms with Crippen molar-refractivity contribution in [2.24, 2.45) is 0 Å². The Labute approximate surface area is 115 Å². The Hall–Kier alpha value is -2.72. The Morgan fingerprint density at radius 3 is 2.90 bits per heavy atom. The number of methoxy groups -OCH3 is 1. The summed E-state index contributed by atoms with van der Waals surface area (Å²) in [5.74, 6) is 0.593. The fourth-order valence-corrected chi connectivity index (χ4v) is 1.61. The summed E-state index contributed by atoms with van der Waals surface area (Å²) in [5, 5.41) is 11.7. The molecule has 102 valence electrons. The number of rotatable bonds is 4. The molecule has 0 aliphatic heterocycles. The van der Waals surface area contributed by atoms with Crippen LogP contribution in [0.3, 0.4) is 0 Å². The van der Waals surface area contributed by atoms with Gasteiger partial charge in [-0.2, -0.15) is 5.26 Å². The van der Waals surface area contributed by atoms with Crippen LogP contribution in [0.1, 0.15) is 11.4 Å². The molecule has 0 fully saturated rings. The SMILES string of the molecule is COCc1nc(N)cc(Nc2ccc(F)c(C#N)c2)n1. The summed E-state index contributed by atoms with van der Waals surface area (Å²) in [5.41, 5.74) is 6.15. The van der Waals surface area contributed by atoms with Gasteiger partial charge in [-0.25, -0.2) is 14.4 Å². The van der Waals surface area contributed by atoms with Gasteiger partial charge in [-0.1, -0.05) is 0 Å². The zero-order chi connectivity index (χ0) is 14.5. The summed E-state index contributed by atoms with van der Waals surface area (Å²) in [4.78, 5) is 8.20. The van der Waals surface area contributed by atoms with Gasteiger partial charge in [0, 0.05) is 18.9 Å². The van der Waals surface area contributed by atoms with E-state index < -0.39 is 5.82 Å². The maximum atomic E-state index is 13.2. The van der Waals surface area contributed by atoms with Crippen molar-refractivity contribution in [1.29, 1.82) is 5.26 Å². The van der Waals surface area contributed by atoms with Crippen LogP contribution in [-0.4, -0.2) is 17.1 Å². The largest absolute Gasteiger partial charge is 0.384 e.